The lowest BCUT2D eigenvalue weighted by molar-refractivity contribution is -0.325. The van der Waals surface area contributed by atoms with E-state index >= 15 is 0 Å². The van der Waals surface area contributed by atoms with Crippen molar-refractivity contribution in [3.05, 3.63) is 0 Å². The Morgan fingerprint density at radius 2 is 0.714 bits per heavy atom. The van der Waals surface area contributed by atoms with Gasteiger partial charge in [0.2, 0.25) is 0 Å². The second kappa shape index (κ2) is 331. The van der Waals surface area contributed by atoms with Crippen molar-refractivity contribution < 1.29 is 50.9 Å². The second-order valence-corrected chi connectivity index (χ2v) is 0. The summed E-state index contributed by atoms with van der Waals surface area (Å²) >= 11 is 0. The Labute approximate surface area is 65.3 Å². The molecule has 0 aliphatic rings. The summed E-state index contributed by atoms with van der Waals surface area (Å²) in [6.45, 7) is 0. The minimum atomic E-state index is 0. The van der Waals surface area contributed by atoms with E-state index in [1.165, 1.54) is 0 Å². The van der Waals surface area contributed by atoms with Gasteiger partial charge in [0.05, 0.1) is 14.1 Å². The summed E-state index contributed by atoms with van der Waals surface area (Å²) in [5.41, 5.74) is 6.50. The van der Waals surface area contributed by atoms with Crippen molar-refractivity contribution in [3.63, 3.8) is 0 Å². The number of halogens is 2. The van der Waals surface area contributed by atoms with Gasteiger partial charge in [0.25, 0.3) is 0 Å². The molecule has 0 saturated carbocycles. The predicted molar refractivity (Wildman–Crippen MR) is 21.2 cm³/mol. The summed E-state index contributed by atoms with van der Waals surface area (Å²) in [4.78, 5) is 0. The maximum atomic E-state index is 3.25. The summed E-state index contributed by atoms with van der Waals surface area (Å²) in [6.07, 6.45) is 0. The molecule has 5 heteroatoms. The topological polar surface area (TPSA) is 86.8 Å². The van der Waals surface area contributed by atoms with Gasteiger partial charge in [-0.15, -0.1) is 0 Å². The van der Waals surface area contributed by atoms with Crippen LogP contribution < -0.4 is 45.4 Å². The first kappa shape index (κ1) is 45.5. The molecule has 0 radical (unpaired) electrons. The number of hydrogen-bond acceptors (Lipinski definition) is 0. The molecular formula is C2H14Br2N2O. The lowest BCUT2D eigenvalue weighted by Gasteiger charge is -1.17. The van der Waals surface area contributed by atoms with E-state index in [-0.39, 0.29) is 39.4 Å². The molecule has 0 aromatic rings. The molecule has 0 unspecified atom stereocenters. The van der Waals surface area contributed by atoms with Crippen LogP contribution in [0.3, 0.4) is 0 Å². The van der Waals surface area contributed by atoms with Crippen molar-refractivity contribution in [2.24, 2.45) is 0 Å². The standard InChI is InChI=1S/2CH5N.2BrH.H2O/c2*1-2;;;/h2*2H2,1H3;2*1H;1H2. The lowest BCUT2D eigenvalue weighted by atomic mass is 11.6. The molecule has 0 aliphatic carbocycles. The highest BCUT2D eigenvalue weighted by Crippen LogP contribution is 0.253. The zero-order chi connectivity index (χ0) is 4.00. The van der Waals surface area contributed by atoms with Crippen LogP contribution in [0.5, 0.6) is 0 Å². The van der Waals surface area contributed by atoms with Crippen LogP contribution in [0.25, 0.3) is 0 Å². The molecule has 0 aromatic carbocycles. The summed E-state index contributed by atoms with van der Waals surface area (Å²) in [7, 11) is 3.50. The Morgan fingerprint density at radius 1 is 0.714 bits per heavy atom. The predicted octanol–water partition coefficient (Wildman–Crippen LogP) is -9.10. The second-order valence-electron chi connectivity index (χ2n) is 0. The molecule has 52 valence electrons. The number of quaternary nitrogens is 2. The zero-order valence-corrected chi connectivity index (χ0v) is 7.84. The molecule has 0 spiro atoms. The highest BCUT2D eigenvalue weighted by atomic mass is 79.9. The SMILES string of the molecule is C[NH3+].C[NH3+].O.[Br-].[Br-]. The molecule has 0 atom stereocenters. The molecule has 0 aliphatic heterocycles. The summed E-state index contributed by atoms with van der Waals surface area (Å²) < 4.78 is 0. The van der Waals surface area contributed by atoms with Gasteiger partial charge in [0, 0.05) is 0 Å². The van der Waals surface area contributed by atoms with Gasteiger partial charge in [0.15, 0.2) is 0 Å². The fourth-order valence-corrected chi connectivity index (χ4v) is 0. The first-order valence-corrected chi connectivity index (χ1v) is 1.41. The van der Waals surface area contributed by atoms with Crippen LogP contribution >= 0.6 is 0 Å². The van der Waals surface area contributed by atoms with Gasteiger partial charge in [-0.1, -0.05) is 0 Å². The average molecular weight is 242 g/mol. The Kier molecular flexibility index (Phi) is 2150. The minimum absolute atomic E-state index is 0. The smallest absolute Gasteiger partial charge is 0.0634 e. The maximum absolute atomic E-state index is 3.25. The number of hydrogen-bond donors (Lipinski definition) is 2. The summed E-state index contributed by atoms with van der Waals surface area (Å²) in [6, 6.07) is 0. The maximum Gasteiger partial charge on any atom is 0.0634 e. The van der Waals surface area contributed by atoms with Gasteiger partial charge in [-0.2, -0.15) is 0 Å². The normalized spacial score (nSPS) is 1.71. The molecule has 0 bridgehead atoms. The van der Waals surface area contributed by atoms with Crippen LogP contribution in [0, 0.1) is 0 Å². The van der Waals surface area contributed by atoms with Crippen LogP contribution in [-0.2, 0) is 0 Å². The Bertz CT molecular complexity index is 13.7. The molecule has 0 amide bonds. The Balaban J connectivity index is -0.00000000267. The molecule has 7 heavy (non-hydrogen) atoms. The highest BCUT2D eigenvalue weighted by molar-refractivity contribution is 3.08. The van der Waals surface area contributed by atoms with Crippen molar-refractivity contribution in [2.45, 2.75) is 0 Å². The van der Waals surface area contributed by atoms with E-state index in [0.717, 1.165) is 0 Å². The zero-order valence-electron chi connectivity index (χ0n) is 4.67. The average Bonchev–Trinajstić information content (AvgIpc) is 1.50. The van der Waals surface area contributed by atoms with Crippen molar-refractivity contribution in [1.29, 1.82) is 0 Å². The van der Waals surface area contributed by atoms with Gasteiger partial charge < -0.3 is 50.9 Å². The third kappa shape index (κ3) is 227. The van der Waals surface area contributed by atoms with Crippen LogP contribution in [0.2, 0.25) is 0 Å². The van der Waals surface area contributed by atoms with E-state index in [0.29, 0.717) is 0 Å². The van der Waals surface area contributed by atoms with Gasteiger partial charge in [-0.3, -0.25) is 0 Å². The quantitative estimate of drug-likeness (QED) is 0.422. The first-order valence-electron chi connectivity index (χ1n) is 1.41. The highest BCUT2D eigenvalue weighted by Gasteiger charge is 0.876. The lowest BCUT2D eigenvalue weighted by Crippen LogP contribution is -3.00. The summed E-state index contributed by atoms with van der Waals surface area (Å²) in [5.74, 6) is 0. The largest absolute Gasteiger partial charge is 1.00 e. The monoisotopic (exact) mass is 240 g/mol. The van der Waals surface area contributed by atoms with E-state index < -0.39 is 0 Å². The molecule has 0 saturated heterocycles. The molecule has 0 aromatic heterocycles. The van der Waals surface area contributed by atoms with Crippen LogP contribution in [-0.4, -0.2) is 19.6 Å². The van der Waals surface area contributed by atoms with E-state index in [1.807, 2.05) is 0 Å². The van der Waals surface area contributed by atoms with Gasteiger partial charge in [0.1, 0.15) is 0 Å². The van der Waals surface area contributed by atoms with Gasteiger partial charge in [-0.05, 0) is 0 Å². The third-order valence-electron chi connectivity index (χ3n) is 0. The van der Waals surface area contributed by atoms with E-state index in [2.05, 4.69) is 11.5 Å². The van der Waals surface area contributed by atoms with Crippen molar-refractivity contribution >= 4 is 0 Å². The van der Waals surface area contributed by atoms with Crippen LogP contribution in [0.4, 0.5) is 0 Å². The fraction of sp³-hybridized carbons (Fsp3) is 1.00. The van der Waals surface area contributed by atoms with Crippen LogP contribution in [0.1, 0.15) is 0 Å². The first-order chi connectivity index (χ1) is 2.00. The molecule has 0 heterocycles. The van der Waals surface area contributed by atoms with Crippen molar-refractivity contribution in [2.75, 3.05) is 14.1 Å². The van der Waals surface area contributed by atoms with Crippen LogP contribution in [0.15, 0.2) is 0 Å². The van der Waals surface area contributed by atoms with E-state index in [4.69, 9.17) is 0 Å². The van der Waals surface area contributed by atoms with Gasteiger partial charge in [-0.25, -0.2) is 0 Å². The Morgan fingerprint density at radius 3 is 0.714 bits per heavy atom. The van der Waals surface area contributed by atoms with E-state index in [1.54, 1.807) is 14.1 Å². The fourth-order valence-electron chi connectivity index (χ4n) is 0. The third-order valence-corrected chi connectivity index (χ3v) is 0. The summed E-state index contributed by atoms with van der Waals surface area (Å²) in [5, 5.41) is 0. The number of rotatable bonds is 0. The minimum Gasteiger partial charge on any atom is -1.00 e. The molecular weight excluding hydrogens is 228 g/mol. The molecule has 0 fully saturated rings. The van der Waals surface area contributed by atoms with Crippen molar-refractivity contribution in [3.8, 4) is 0 Å². The van der Waals surface area contributed by atoms with Gasteiger partial charge >= 0.3 is 0 Å². The molecule has 0 rings (SSSR count). The Hall–Kier alpha value is 0.840. The van der Waals surface area contributed by atoms with E-state index in [9.17, 15) is 0 Å². The molecule has 3 nitrogen and oxygen atoms in total. The van der Waals surface area contributed by atoms with Crippen molar-refractivity contribution in [1.82, 2.24) is 0 Å². The molecule has 8 N–H and O–H groups in total.